The smallest absolute Gasteiger partial charge is 0.270 e. The SMILES string of the molecule is O=C(COc1ccccc1)Nc1ccc(Oc2ccc(NC(=O)c3cccc([N+](=O)[O-])c3)cc2)cc1. The van der Waals surface area contributed by atoms with Crippen LogP contribution in [-0.2, 0) is 4.79 Å². The molecule has 0 bridgehead atoms. The van der Waals surface area contributed by atoms with Gasteiger partial charge < -0.3 is 20.1 Å². The quantitative estimate of drug-likeness (QED) is 0.234. The number of para-hydroxylation sites is 1. The molecule has 0 radical (unpaired) electrons. The van der Waals surface area contributed by atoms with Crippen LogP contribution in [0, 0.1) is 10.1 Å². The minimum absolute atomic E-state index is 0.105. The van der Waals surface area contributed by atoms with Crippen molar-refractivity contribution < 1.29 is 24.0 Å². The summed E-state index contributed by atoms with van der Waals surface area (Å²) in [4.78, 5) is 34.8. The van der Waals surface area contributed by atoms with Gasteiger partial charge in [-0.25, -0.2) is 0 Å². The van der Waals surface area contributed by atoms with Gasteiger partial charge in [0.15, 0.2) is 6.61 Å². The van der Waals surface area contributed by atoms with Gasteiger partial charge in [0.2, 0.25) is 0 Å². The van der Waals surface area contributed by atoms with Crippen LogP contribution in [0.4, 0.5) is 17.1 Å². The molecule has 0 fully saturated rings. The monoisotopic (exact) mass is 483 g/mol. The lowest BCUT2D eigenvalue weighted by Gasteiger charge is -2.10. The van der Waals surface area contributed by atoms with Crippen molar-refractivity contribution in [3.63, 3.8) is 0 Å². The van der Waals surface area contributed by atoms with Crippen molar-refractivity contribution in [2.45, 2.75) is 0 Å². The number of nitrogens with one attached hydrogen (secondary N) is 2. The predicted molar refractivity (Wildman–Crippen MR) is 135 cm³/mol. The second-order valence-electron chi connectivity index (χ2n) is 7.56. The van der Waals surface area contributed by atoms with E-state index < -0.39 is 10.8 Å². The van der Waals surface area contributed by atoms with Crippen LogP contribution in [0.5, 0.6) is 17.2 Å². The Morgan fingerprint density at radius 2 is 1.33 bits per heavy atom. The molecule has 0 atom stereocenters. The molecular formula is C27H21N3O6. The van der Waals surface area contributed by atoms with Gasteiger partial charge in [0, 0.05) is 29.1 Å². The number of rotatable bonds is 9. The molecule has 0 aliphatic carbocycles. The largest absolute Gasteiger partial charge is 0.484 e. The van der Waals surface area contributed by atoms with E-state index >= 15 is 0 Å². The molecule has 0 aliphatic rings. The summed E-state index contributed by atoms with van der Waals surface area (Å²) in [5.74, 6) is 0.971. The highest BCUT2D eigenvalue weighted by atomic mass is 16.6. The number of hydrogen-bond donors (Lipinski definition) is 2. The average molecular weight is 483 g/mol. The first kappa shape index (κ1) is 24.0. The molecule has 4 aromatic carbocycles. The molecule has 0 saturated carbocycles. The van der Waals surface area contributed by atoms with Gasteiger partial charge in [0.05, 0.1) is 4.92 Å². The normalized spacial score (nSPS) is 10.2. The molecule has 0 unspecified atom stereocenters. The zero-order valence-electron chi connectivity index (χ0n) is 18.9. The number of anilines is 2. The molecular weight excluding hydrogens is 462 g/mol. The van der Waals surface area contributed by atoms with E-state index in [4.69, 9.17) is 9.47 Å². The fourth-order valence-electron chi connectivity index (χ4n) is 3.18. The van der Waals surface area contributed by atoms with Crippen LogP contribution in [0.25, 0.3) is 0 Å². The van der Waals surface area contributed by atoms with Gasteiger partial charge >= 0.3 is 0 Å². The third-order valence-electron chi connectivity index (χ3n) is 4.92. The Hall–Kier alpha value is -5.18. The van der Waals surface area contributed by atoms with Gasteiger partial charge in [0.25, 0.3) is 17.5 Å². The number of nitrogens with zero attached hydrogens (tertiary/aromatic N) is 1. The first-order valence-electron chi connectivity index (χ1n) is 10.9. The van der Waals surface area contributed by atoms with Crippen LogP contribution < -0.4 is 20.1 Å². The van der Waals surface area contributed by atoms with E-state index in [1.165, 1.54) is 24.3 Å². The topological polar surface area (TPSA) is 120 Å². The van der Waals surface area contributed by atoms with Crippen molar-refractivity contribution >= 4 is 28.9 Å². The molecule has 0 spiro atoms. The van der Waals surface area contributed by atoms with Crippen LogP contribution in [0.2, 0.25) is 0 Å². The fourth-order valence-corrected chi connectivity index (χ4v) is 3.18. The van der Waals surface area contributed by atoms with Gasteiger partial charge in [-0.2, -0.15) is 0 Å². The lowest BCUT2D eigenvalue weighted by atomic mass is 10.2. The third-order valence-corrected chi connectivity index (χ3v) is 4.92. The maximum atomic E-state index is 12.4. The molecule has 2 amide bonds. The van der Waals surface area contributed by atoms with Gasteiger partial charge in [0.1, 0.15) is 17.2 Å². The summed E-state index contributed by atoms with van der Waals surface area (Å²) in [6.07, 6.45) is 0. The Kier molecular flexibility index (Phi) is 7.52. The van der Waals surface area contributed by atoms with Crippen molar-refractivity contribution in [3.8, 4) is 17.2 Å². The second kappa shape index (κ2) is 11.3. The second-order valence-corrected chi connectivity index (χ2v) is 7.56. The molecule has 0 aliphatic heterocycles. The maximum Gasteiger partial charge on any atom is 0.270 e. The van der Waals surface area contributed by atoms with E-state index in [0.717, 1.165) is 0 Å². The number of benzene rings is 4. The van der Waals surface area contributed by atoms with E-state index in [9.17, 15) is 19.7 Å². The van der Waals surface area contributed by atoms with Gasteiger partial charge in [-0.15, -0.1) is 0 Å². The summed E-state index contributed by atoms with van der Waals surface area (Å²) >= 11 is 0. The van der Waals surface area contributed by atoms with Crippen LogP contribution in [0.1, 0.15) is 10.4 Å². The third kappa shape index (κ3) is 6.67. The number of carbonyl (C=O) groups excluding carboxylic acids is 2. The molecule has 0 aromatic heterocycles. The number of hydrogen-bond acceptors (Lipinski definition) is 6. The molecule has 180 valence electrons. The summed E-state index contributed by atoms with van der Waals surface area (Å²) < 4.78 is 11.2. The highest BCUT2D eigenvalue weighted by Crippen LogP contribution is 2.25. The number of amides is 2. The predicted octanol–water partition coefficient (Wildman–Crippen LogP) is 5.66. The van der Waals surface area contributed by atoms with E-state index in [0.29, 0.717) is 28.6 Å². The highest BCUT2D eigenvalue weighted by Gasteiger charge is 2.12. The van der Waals surface area contributed by atoms with Crippen LogP contribution in [0.3, 0.4) is 0 Å². The molecule has 36 heavy (non-hydrogen) atoms. The number of non-ortho nitro benzene ring substituents is 1. The standard InChI is InChI=1S/C27H21N3O6/c31-26(18-35-23-7-2-1-3-8-23)28-20-9-13-24(14-10-20)36-25-15-11-21(12-16-25)29-27(32)19-5-4-6-22(17-19)30(33)34/h1-17H,18H2,(H,28,31)(H,29,32). The number of nitro benzene ring substituents is 1. The van der Waals surface area contributed by atoms with E-state index in [2.05, 4.69) is 10.6 Å². The number of ether oxygens (including phenoxy) is 2. The maximum absolute atomic E-state index is 12.4. The Labute approximate surface area is 206 Å². The highest BCUT2D eigenvalue weighted by molar-refractivity contribution is 6.04. The van der Waals surface area contributed by atoms with Gasteiger partial charge in [-0.05, 0) is 66.7 Å². The molecule has 2 N–H and O–H groups in total. The van der Waals surface area contributed by atoms with Gasteiger partial charge in [-0.1, -0.05) is 24.3 Å². The van der Waals surface area contributed by atoms with E-state index in [-0.39, 0.29) is 23.8 Å². The Balaban J connectivity index is 1.28. The Bertz CT molecular complexity index is 1360. The average Bonchev–Trinajstić information content (AvgIpc) is 2.90. The summed E-state index contributed by atoms with van der Waals surface area (Å²) in [6, 6.07) is 28.1. The first-order valence-corrected chi connectivity index (χ1v) is 10.9. The first-order chi connectivity index (χ1) is 17.5. The van der Waals surface area contributed by atoms with E-state index in [1.54, 1.807) is 60.7 Å². The zero-order valence-corrected chi connectivity index (χ0v) is 18.9. The van der Waals surface area contributed by atoms with Crippen LogP contribution in [-0.4, -0.2) is 23.3 Å². The summed E-state index contributed by atoms with van der Waals surface area (Å²) in [5.41, 5.74) is 1.14. The Morgan fingerprint density at radius 1 is 0.722 bits per heavy atom. The Morgan fingerprint density at radius 3 is 1.94 bits per heavy atom. The minimum Gasteiger partial charge on any atom is -0.484 e. The molecule has 9 nitrogen and oxygen atoms in total. The summed E-state index contributed by atoms with van der Waals surface area (Å²) in [6.45, 7) is -0.105. The lowest BCUT2D eigenvalue weighted by Crippen LogP contribution is -2.20. The minimum atomic E-state index is -0.552. The molecule has 9 heteroatoms. The summed E-state index contributed by atoms with van der Waals surface area (Å²) in [7, 11) is 0. The zero-order chi connectivity index (χ0) is 25.3. The molecule has 0 heterocycles. The van der Waals surface area contributed by atoms with Gasteiger partial charge in [-0.3, -0.25) is 19.7 Å². The van der Waals surface area contributed by atoms with Crippen LogP contribution >= 0.6 is 0 Å². The number of carbonyl (C=O) groups is 2. The van der Waals surface area contributed by atoms with Crippen molar-refractivity contribution in [1.29, 1.82) is 0 Å². The van der Waals surface area contributed by atoms with E-state index in [1.807, 2.05) is 18.2 Å². The van der Waals surface area contributed by atoms with Crippen molar-refractivity contribution in [2.75, 3.05) is 17.2 Å². The van der Waals surface area contributed by atoms with Crippen LogP contribution in [0.15, 0.2) is 103 Å². The van der Waals surface area contributed by atoms with Crippen molar-refractivity contribution in [2.24, 2.45) is 0 Å². The molecule has 0 saturated heterocycles. The number of nitro groups is 1. The lowest BCUT2D eigenvalue weighted by molar-refractivity contribution is -0.384. The molecule has 4 aromatic rings. The van der Waals surface area contributed by atoms with Crippen molar-refractivity contribution in [3.05, 3.63) is 119 Å². The summed E-state index contributed by atoms with van der Waals surface area (Å²) in [5, 5.41) is 16.3. The molecule has 4 rings (SSSR count). The fraction of sp³-hybridized carbons (Fsp3) is 0.0370. The van der Waals surface area contributed by atoms with Crippen molar-refractivity contribution in [1.82, 2.24) is 0 Å².